The molecule has 0 saturated carbocycles. The molecule has 0 N–H and O–H groups in total. The molecule has 5 heteroatoms. The van der Waals surface area contributed by atoms with Crippen LogP contribution in [0.25, 0.3) is 0 Å². The number of hydrogen-bond acceptors (Lipinski definition) is 4. The van der Waals surface area contributed by atoms with E-state index in [0.717, 1.165) is 31.2 Å². The Morgan fingerprint density at radius 1 is 1.12 bits per heavy atom. The van der Waals surface area contributed by atoms with E-state index in [2.05, 4.69) is 13.8 Å². The molecule has 0 aliphatic heterocycles. The molecule has 1 aromatic carbocycles. The summed E-state index contributed by atoms with van der Waals surface area (Å²) in [4.78, 5) is 23.6. The molecule has 0 fully saturated rings. The minimum absolute atomic E-state index is 0.185. The molecule has 0 aliphatic rings. The van der Waals surface area contributed by atoms with Crippen LogP contribution in [0, 0.1) is 12.8 Å². The first-order valence-electron chi connectivity index (χ1n) is 9.08. The second-order valence-electron chi connectivity index (χ2n) is 6.34. The van der Waals surface area contributed by atoms with Crippen LogP contribution in [-0.4, -0.2) is 18.5 Å². The fourth-order valence-corrected chi connectivity index (χ4v) is 2.69. The second-order valence-corrected chi connectivity index (χ2v) is 6.77. The SMILES string of the molecule is CCCCC(CC)COC(=O)CCCC(=O)Oc1ccc(Cl)cc1C. The van der Waals surface area contributed by atoms with Crippen molar-refractivity contribution in [3.63, 3.8) is 0 Å². The maximum Gasteiger partial charge on any atom is 0.311 e. The lowest BCUT2D eigenvalue weighted by atomic mass is 10.0. The van der Waals surface area contributed by atoms with Crippen molar-refractivity contribution in [3.05, 3.63) is 28.8 Å². The van der Waals surface area contributed by atoms with Crippen LogP contribution < -0.4 is 4.74 Å². The average molecular weight is 369 g/mol. The van der Waals surface area contributed by atoms with Gasteiger partial charge in [-0.2, -0.15) is 0 Å². The van der Waals surface area contributed by atoms with Gasteiger partial charge in [0.2, 0.25) is 0 Å². The molecule has 1 rings (SSSR count). The van der Waals surface area contributed by atoms with Crippen molar-refractivity contribution in [2.75, 3.05) is 6.61 Å². The second kappa shape index (κ2) is 11.9. The average Bonchev–Trinajstić information content (AvgIpc) is 2.57. The van der Waals surface area contributed by atoms with E-state index in [-0.39, 0.29) is 24.8 Å². The van der Waals surface area contributed by atoms with Gasteiger partial charge in [-0.3, -0.25) is 9.59 Å². The van der Waals surface area contributed by atoms with Gasteiger partial charge in [0.25, 0.3) is 0 Å². The zero-order valence-electron chi connectivity index (χ0n) is 15.5. The van der Waals surface area contributed by atoms with Crippen molar-refractivity contribution < 1.29 is 19.1 Å². The molecule has 1 aromatic rings. The van der Waals surface area contributed by atoms with Crippen molar-refractivity contribution in [3.8, 4) is 5.75 Å². The maximum atomic E-state index is 11.9. The van der Waals surface area contributed by atoms with Gasteiger partial charge in [-0.15, -0.1) is 0 Å². The Balaban J connectivity index is 2.24. The Hall–Kier alpha value is -1.55. The third-order valence-corrected chi connectivity index (χ3v) is 4.38. The number of aryl methyl sites for hydroxylation is 1. The first-order chi connectivity index (χ1) is 12.0. The van der Waals surface area contributed by atoms with E-state index in [9.17, 15) is 9.59 Å². The van der Waals surface area contributed by atoms with Crippen LogP contribution in [0.5, 0.6) is 5.75 Å². The van der Waals surface area contributed by atoms with Gasteiger partial charge in [-0.05, 0) is 49.4 Å². The molecule has 1 unspecified atom stereocenters. The Labute approximate surface area is 155 Å². The van der Waals surface area contributed by atoms with E-state index in [1.165, 1.54) is 0 Å². The molecule has 0 radical (unpaired) electrons. The van der Waals surface area contributed by atoms with E-state index in [1.54, 1.807) is 18.2 Å². The van der Waals surface area contributed by atoms with Crippen molar-refractivity contribution in [1.29, 1.82) is 0 Å². The quantitative estimate of drug-likeness (QED) is 0.383. The number of hydrogen-bond donors (Lipinski definition) is 0. The maximum absolute atomic E-state index is 11.9. The zero-order valence-corrected chi connectivity index (χ0v) is 16.2. The number of carbonyl (C=O) groups excluding carboxylic acids is 2. The lowest BCUT2D eigenvalue weighted by Gasteiger charge is -2.14. The molecule has 0 aromatic heterocycles. The standard InChI is InChI=1S/C20H29ClO4/c1-4-6-8-16(5-2)14-24-19(22)9-7-10-20(23)25-18-12-11-17(21)13-15(18)3/h11-13,16H,4-10,14H2,1-3H3. The monoisotopic (exact) mass is 368 g/mol. The Kier molecular flexibility index (Phi) is 10.2. The zero-order chi connectivity index (χ0) is 18.7. The molecule has 0 bridgehead atoms. The van der Waals surface area contributed by atoms with E-state index in [1.807, 2.05) is 6.92 Å². The van der Waals surface area contributed by atoms with Gasteiger partial charge in [-0.25, -0.2) is 0 Å². The lowest BCUT2D eigenvalue weighted by Crippen LogP contribution is -2.14. The number of ether oxygens (including phenoxy) is 2. The van der Waals surface area contributed by atoms with Crippen LogP contribution >= 0.6 is 11.6 Å². The Morgan fingerprint density at radius 2 is 1.84 bits per heavy atom. The summed E-state index contributed by atoms with van der Waals surface area (Å²) in [7, 11) is 0. The number of carbonyl (C=O) groups is 2. The number of rotatable bonds is 11. The van der Waals surface area contributed by atoms with Gasteiger partial charge in [0, 0.05) is 17.9 Å². The topological polar surface area (TPSA) is 52.6 Å². The summed E-state index contributed by atoms with van der Waals surface area (Å²) >= 11 is 5.87. The molecule has 1 atom stereocenters. The highest BCUT2D eigenvalue weighted by molar-refractivity contribution is 6.30. The van der Waals surface area contributed by atoms with Crippen LogP contribution in [0.2, 0.25) is 5.02 Å². The first-order valence-corrected chi connectivity index (χ1v) is 9.46. The van der Waals surface area contributed by atoms with Gasteiger partial charge in [0.15, 0.2) is 0 Å². The summed E-state index contributed by atoms with van der Waals surface area (Å²) in [6, 6.07) is 5.09. The van der Waals surface area contributed by atoms with Gasteiger partial charge in [-0.1, -0.05) is 44.7 Å². The summed E-state index contributed by atoms with van der Waals surface area (Å²) in [6.07, 6.45) is 5.26. The summed E-state index contributed by atoms with van der Waals surface area (Å²) in [5, 5.41) is 0.601. The molecule has 0 spiro atoms. The highest BCUT2D eigenvalue weighted by atomic mass is 35.5. The largest absolute Gasteiger partial charge is 0.465 e. The summed E-state index contributed by atoms with van der Waals surface area (Å²) in [5.41, 5.74) is 0.804. The van der Waals surface area contributed by atoms with Gasteiger partial charge in [0.1, 0.15) is 5.75 Å². The fraction of sp³-hybridized carbons (Fsp3) is 0.600. The first kappa shape index (κ1) is 21.5. The smallest absolute Gasteiger partial charge is 0.311 e. The number of unbranched alkanes of at least 4 members (excludes halogenated alkanes) is 1. The van der Waals surface area contributed by atoms with Crippen molar-refractivity contribution in [2.24, 2.45) is 5.92 Å². The summed E-state index contributed by atoms with van der Waals surface area (Å²) in [6.45, 7) is 6.57. The van der Waals surface area contributed by atoms with E-state index < -0.39 is 0 Å². The minimum Gasteiger partial charge on any atom is -0.465 e. The normalized spacial score (nSPS) is 11.8. The molecule has 0 heterocycles. The molecule has 140 valence electrons. The molecule has 0 aliphatic carbocycles. The van der Waals surface area contributed by atoms with E-state index in [4.69, 9.17) is 21.1 Å². The van der Waals surface area contributed by atoms with Crippen molar-refractivity contribution >= 4 is 23.5 Å². The number of benzene rings is 1. The Bertz CT molecular complexity index is 557. The van der Waals surface area contributed by atoms with Crippen molar-refractivity contribution in [2.45, 2.75) is 65.7 Å². The molecular weight excluding hydrogens is 340 g/mol. The van der Waals surface area contributed by atoms with Crippen LogP contribution in [0.1, 0.15) is 64.4 Å². The van der Waals surface area contributed by atoms with Crippen LogP contribution in [0.3, 0.4) is 0 Å². The van der Waals surface area contributed by atoms with E-state index >= 15 is 0 Å². The fourth-order valence-electron chi connectivity index (χ4n) is 2.46. The number of esters is 2. The Morgan fingerprint density at radius 3 is 2.48 bits per heavy atom. The third kappa shape index (κ3) is 8.92. The predicted octanol–water partition coefficient (Wildman–Crippen LogP) is 5.48. The van der Waals surface area contributed by atoms with Crippen LogP contribution in [-0.2, 0) is 14.3 Å². The highest BCUT2D eigenvalue weighted by Crippen LogP contribution is 2.22. The van der Waals surface area contributed by atoms with Gasteiger partial charge in [0.05, 0.1) is 6.61 Å². The van der Waals surface area contributed by atoms with E-state index in [0.29, 0.717) is 29.7 Å². The summed E-state index contributed by atoms with van der Waals surface area (Å²) in [5.74, 6) is 0.332. The third-order valence-electron chi connectivity index (χ3n) is 4.15. The minimum atomic E-state index is -0.354. The summed E-state index contributed by atoms with van der Waals surface area (Å²) < 4.78 is 10.6. The van der Waals surface area contributed by atoms with Crippen LogP contribution in [0.4, 0.5) is 0 Å². The predicted molar refractivity (Wildman–Crippen MR) is 99.9 cm³/mol. The van der Waals surface area contributed by atoms with Gasteiger partial charge < -0.3 is 9.47 Å². The molecule has 0 saturated heterocycles. The molecule has 4 nitrogen and oxygen atoms in total. The molecular formula is C20H29ClO4. The van der Waals surface area contributed by atoms with Crippen molar-refractivity contribution in [1.82, 2.24) is 0 Å². The lowest BCUT2D eigenvalue weighted by molar-refractivity contribution is -0.145. The molecule has 0 amide bonds. The number of halogens is 1. The molecule has 25 heavy (non-hydrogen) atoms. The van der Waals surface area contributed by atoms with Crippen LogP contribution in [0.15, 0.2) is 18.2 Å². The van der Waals surface area contributed by atoms with Gasteiger partial charge >= 0.3 is 11.9 Å². The highest BCUT2D eigenvalue weighted by Gasteiger charge is 2.12.